The fourth-order valence-corrected chi connectivity index (χ4v) is 3.93. The SMILES string of the molecule is CNC1CCCC(Nc2nc(-c3c[nH]c4c(F)cc(F)cc34)ncc2F)C1.N=C(C=O)/C=C\C(N)=O. The van der Waals surface area contributed by atoms with Gasteiger partial charge in [-0.25, -0.2) is 23.1 Å². The van der Waals surface area contributed by atoms with E-state index in [1.807, 2.05) is 7.05 Å². The van der Waals surface area contributed by atoms with E-state index in [2.05, 4.69) is 31.3 Å². The van der Waals surface area contributed by atoms with E-state index in [1.54, 1.807) is 0 Å². The second-order valence-electron chi connectivity index (χ2n) is 8.21. The molecule has 2 atom stereocenters. The maximum atomic E-state index is 14.3. The van der Waals surface area contributed by atoms with Gasteiger partial charge in [0.1, 0.15) is 11.6 Å². The van der Waals surface area contributed by atoms with Crippen LogP contribution in [0.1, 0.15) is 25.7 Å². The molecule has 2 aromatic heterocycles. The van der Waals surface area contributed by atoms with Crippen LogP contribution in [0.15, 0.2) is 36.7 Å². The minimum Gasteiger partial charge on any atom is -0.366 e. The summed E-state index contributed by atoms with van der Waals surface area (Å²) in [6.07, 6.45) is 8.84. The molecule has 1 amide bonds. The van der Waals surface area contributed by atoms with Crippen molar-refractivity contribution in [3.8, 4) is 11.4 Å². The number of allylic oxidation sites excluding steroid dienone is 1. The van der Waals surface area contributed by atoms with Gasteiger partial charge in [-0.1, -0.05) is 0 Å². The standard InChI is InChI=1S/C19H20F3N5.C5H6N2O2/c1-23-11-3-2-4-12(7-11)26-19-16(22)9-25-18(27-19)14-8-24-17-13(14)5-10(20)6-15(17)21;6-4(3-8)1-2-5(7)9/h5-6,8-9,11-12,23-24H,2-4,7H2,1H3,(H,25,26,27);1-3,6H,(H2,7,9)/b;2-1-,6-4?. The number of halogens is 3. The number of anilines is 1. The fourth-order valence-electron chi connectivity index (χ4n) is 3.93. The molecule has 2 unspecified atom stereocenters. The molecule has 1 fully saturated rings. The van der Waals surface area contributed by atoms with Crippen molar-refractivity contribution < 1.29 is 22.8 Å². The van der Waals surface area contributed by atoms with Crippen LogP contribution in [-0.2, 0) is 9.59 Å². The molecule has 0 radical (unpaired) electrons. The number of H-pyrrole nitrogens is 1. The van der Waals surface area contributed by atoms with Gasteiger partial charge in [-0.2, -0.15) is 0 Å². The van der Waals surface area contributed by atoms with Crippen molar-refractivity contribution in [3.63, 3.8) is 0 Å². The molecule has 0 bridgehead atoms. The lowest BCUT2D eigenvalue weighted by molar-refractivity contribution is -0.113. The van der Waals surface area contributed by atoms with Gasteiger partial charge < -0.3 is 21.4 Å². The normalized spacial score (nSPS) is 17.4. The summed E-state index contributed by atoms with van der Waals surface area (Å²) < 4.78 is 41.8. The van der Waals surface area contributed by atoms with Crippen LogP contribution in [0.5, 0.6) is 0 Å². The van der Waals surface area contributed by atoms with Gasteiger partial charge in [-0.05, 0) is 44.9 Å². The lowest BCUT2D eigenvalue weighted by Crippen LogP contribution is -2.37. The maximum absolute atomic E-state index is 14.3. The number of hydrogen-bond donors (Lipinski definition) is 5. The monoisotopic (exact) mass is 501 g/mol. The molecule has 1 saturated carbocycles. The zero-order valence-corrected chi connectivity index (χ0v) is 19.4. The number of carbonyl (C=O) groups excluding carboxylic acids is 2. The molecular formula is C24H26F3N7O2. The molecule has 4 rings (SSSR count). The summed E-state index contributed by atoms with van der Waals surface area (Å²) in [6.45, 7) is 0. The molecule has 9 nitrogen and oxygen atoms in total. The Bertz CT molecular complexity index is 1290. The van der Waals surface area contributed by atoms with E-state index in [0.29, 0.717) is 23.3 Å². The third-order valence-electron chi connectivity index (χ3n) is 5.67. The first kappa shape index (κ1) is 26.5. The zero-order chi connectivity index (χ0) is 26.2. The Morgan fingerprint density at radius 2 is 1.94 bits per heavy atom. The number of nitrogens with zero attached hydrogens (tertiary/aromatic N) is 2. The number of amides is 1. The molecule has 12 heteroatoms. The highest BCUT2D eigenvalue weighted by Crippen LogP contribution is 2.30. The van der Waals surface area contributed by atoms with E-state index in [-0.39, 0.29) is 28.9 Å². The number of primary amides is 1. The molecule has 1 aromatic carbocycles. The highest BCUT2D eigenvalue weighted by Gasteiger charge is 2.23. The van der Waals surface area contributed by atoms with Crippen LogP contribution in [0.25, 0.3) is 22.3 Å². The van der Waals surface area contributed by atoms with Crippen molar-refractivity contribution in [2.24, 2.45) is 5.73 Å². The predicted octanol–water partition coefficient (Wildman–Crippen LogP) is 3.23. The summed E-state index contributed by atoms with van der Waals surface area (Å²) in [7, 11) is 1.92. The van der Waals surface area contributed by atoms with Crippen molar-refractivity contribution in [2.45, 2.75) is 37.8 Å². The number of aldehydes is 1. The van der Waals surface area contributed by atoms with E-state index in [1.165, 1.54) is 12.3 Å². The van der Waals surface area contributed by atoms with Crippen molar-refractivity contribution in [1.82, 2.24) is 20.3 Å². The second-order valence-corrected chi connectivity index (χ2v) is 8.21. The first-order valence-electron chi connectivity index (χ1n) is 11.2. The fraction of sp³-hybridized carbons (Fsp3) is 0.292. The van der Waals surface area contributed by atoms with Crippen molar-refractivity contribution in [3.05, 3.63) is 54.1 Å². The molecule has 3 aromatic rings. The van der Waals surface area contributed by atoms with Crippen LogP contribution in [0.3, 0.4) is 0 Å². The lowest BCUT2D eigenvalue weighted by Gasteiger charge is -2.29. The third kappa shape index (κ3) is 6.75. The van der Waals surface area contributed by atoms with Gasteiger partial charge in [0.2, 0.25) is 5.91 Å². The van der Waals surface area contributed by atoms with Crippen LogP contribution in [-0.4, -0.2) is 52.0 Å². The molecule has 0 saturated heterocycles. The number of hydrogen-bond acceptors (Lipinski definition) is 7. The first-order valence-corrected chi connectivity index (χ1v) is 11.2. The Hall–Kier alpha value is -4.06. The Morgan fingerprint density at radius 3 is 2.64 bits per heavy atom. The topological polar surface area (TPSA) is 150 Å². The summed E-state index contributed by atoms with van der Waals surface area (Å²) in [5.74, 6) is -2.30. The van der Waals surface area contributed by atoms with Crippen LogP contribution in [0.2, 0.25) is 0 Å². The highest BCUT2D eigenvalue weighted by atomic mass is 19.1. The number of rotatable bonds is 7. The Balaban J connectivity index is 0.000000345. The zero-order valence-electron chi connectivity index (χ0n) is 19.4. The molecule has 2 heterocycles. The maximum Gasteiger partial charge on any atom is 0.241 e. The van der Waals surface area contributed by atoms with Crippen LogP contribution < -0.4 is 16.4 Å². The smallest absolute Gasteiger partial charge is 0.241 e. The van der Waals surface area contributed by atoms with Gasteiger partial charge in [0.25, 0.3) is 0 Å². The van der Waals surface area contributed by atoms with Gasteiger partial charge in [0, 0.05) is 41.4 Å². The molecule has 6 N–H and O–H groups in total. The molecular weight excluding hydrogens is 475 g/mol. The summed E-state index contributed by atoms with van der Waals surface area (Å²) in [5, 5.41) is 13.4. The molecule has 1 aliphatic rings. The summed E-state index contributed by atoms with van der Waals surface area (Å²) in [6, 6.07) is 2.51. The molecule has 190 valence electrons. The van der Waals surface area contributed by atoms with E-state index in [9.17, 15) is 22.8 Å². The average Bonchev–Trinajstić information content (AvgIpc) is 3.28. The van der Waals surface area contributed by atoms with Gasteiger partial charge in [0.15, 0.2) is 23.7 Å². The quantitative estimate of drug-likeness (QED) is 0.191. The van der Waals surface area contributed by atoms with Crippen molar-refractivity contribution in [1.29, 1.82) is 5.41 Å². The van der Waals surface area contributed by atoms with E-state index >= 15 is 0 Å². The first-order chi connectivity index (χ1) is 17.2. The van der Waals surface area contributed by atoms with Crippen LogP contribution in [0.4, 0.5) is 19.0 Å². The lowest BCUT2D eigenvalue weighted by atomic mass is 9.91. The minimum atomic E-state index is -0.697. The number of carbonyl (C=O) groups is 2. The van der Waals surface area contributed by atoms with Crippen molar-refractivity contribution >= 4 is 34.6 Å². The van der Waals surface area contributed by atoms with Gasteiger partial charge in [-0.3, -0.25) is 15.0 Å². The molecule has 0 aliphatic heterocycles. The van der Waals surface area contributed by atoms with Crippen LogP contribution >= 0.6 is 0 Å². The van der Waals surface area contributed by atoms with E-state index < -0.39 is 23.4 Å². The summed E-state index contributed by atoms with van der Waals surface area (Å²) >= 11 is 0. The Morgan fingerprint density at radius 1 is 1.19 bits per heavy atom. The number of fused-ring (bicyclic) bond motifs is 1. The Kier molecular flexibility index (Phi) is 8.90. The average molecular weight is 502 g/mol. The number of benzene rings is 1. The Labute approximate surface area is 204 Å². The van der Waals surface area contributed by atoms with Gasteiger partial charge in [0.05, 0.1) is 17.4 Å². The van der Waals surface area contributed by atoms with Gasteiger partial charge in [-0.15, -0.1) is 0 Å². The van der Waals surface area contributed by atoms with Gasteiger partial charge >= 0.3 is 0 Å². The highest BCUT2D eigenvalue weighted by molar-refractivity contribution is 6.32. The minimum absolute atomic E-state index is 0.103. The second kappa shape index (κ2) is 12.1. The van der Waals surface area contributed by atoms with E-state index in [4.69, 9.17) is 5.41 Å². The largest absolute Gasteiger partial charge is 0.366 e. The molecule has 1 aliphatic carbocycles. The van der Waals surface area contributed by atoms with Crippen molar-refractivity contribution in [2.75, 3.05) is 12.4 Å². The summed E-state index contributed by atoms with van der Waals surface area (Å²) in [4.78, 5) is 30.7. The molecule has 36 heavy (non-hydrogen) atoms. The number of nitrogens with one attached hydrogen (secondary N) is 4. The summed E-state index contributed by atoms with van der Waals surface area (Å²) in [5.41, 5.74) is 4.97. The van der Waals surface area contributed by atoms with E-state index in [0.717, 1.165) is 50.1 Å². The predicted molar refractivity (Wildman–Crippen MR) is 130 cm³/mol. The number of aromatic nitrogens is 3. The number of aromatic amines is 1. The number of nitrogens with two attached hydrogens (primary N) is 1. The third-order valence-corrected chi connectivity index (χ3v) is 5.67. The molecule has 0 spiro atoms. The van der Waals surface area contributed by atoms with Crippen LogP contribution in [0, 0.1) is 22.9 Å².